The van der Waals surface area contributed by atoms with Crippen LogP contribution >= 0.6 is 0 Å². The van der Waals surface area contributed by atoms with E-state index in [1.165, 1.54) is 7.11 Å². The molecule has 3 amide bonds. The maximum atomic E-state index is 13.9. The van der Waals surface area contributed by atoms with E-state index in [4.69, 9.17) is 4.74 Å². The van der Waals surface area contributed by atoms with Crippen LogP contribution in [-0.4, -0.2) is 83.0 Å². The third kappa shape index (κ3) is 7.23. The fourth-order valence-electron chi connectivity index (χ4n) is 7.07. The van der Waals surface area contributed by atoms with Gasteiger partial charge in [-0.25, -0.2) is 4.79 Å². The van der Waals surface area contributed by atoms with Crippen LogP contribution in [0.1, 0.15) is 91.0 Å². The predicted octanol–water partition coefficient (Wildman–Crippen LogP) is 4.13. The Morgan fingerprint density at radius 2 is 1.64 bits per heavy atom. The minimum Gasteiger partial charge on any atom is -0.465 e. The van der Waals surface area contributed by atoms with E-state index < -0.39 is 23.7 Å². The maximum absolute atomic E-state index is 13.9. The van der Waals surface area contributed by atoms with E-state index in [2.05, 4.69) is 22.5 Å². The van der Waals surface area contributed by atoms with Gasteiger partial charge in [0.2, 0.25) is 11.8 Å². The number of aliphatic hydroxyl groups excluding tert-OH is 1. The summed E-state index contributed by atoms with van der Waals surface area (Å²) < 4.78 is 4.71. The van der Waals surface area contributed by atoms with Crippen LogP contribution in [0.3, 0.4) is 0 Å². The SMILES string of the molecule is CCCCN1C(=O)C(C(O)C2CCCCC2)NC(=O)C12CCN(Cc1ccc(C(=O)Nc3ccc(C(=O)OC)cc3)cc1)CC2. The Hall–Kier alpha value is -3.76. The molecule has 2 aromatic carbocycles. The van der Waals surface area contributed by atoms with E-state index in [0.29, 0.717) is 55.8 Å². The van der Waals surface area contributed by atoms with Crippen molar-refractivity contribution in [3.8, 4) is 0 Å². The molecule has 1 spiro atoms. The molecule has 0 radical (unpaired) electrons. The Labute approximate surface area is 265 Å². The normalized spacial score (nSPS) is 21.3. The average molecular weight is 619 g/mol. The Morgan fingerprint density at radius 1 is 1.00 bits per heavy atom. The summed E-state index contributed by atoms with van der Waals surface area (Å²) in [7, 11) is 1.32. The molecule has 2 saturated heterocycles. The summed E-state index contributed by atoms with van der Waals surface area (Å²) in [4.78, 5) is 56.1. The number of carbonyl (C=O) groups excluding carboxylic acids is 4. The predicted molar refractivity (Wildman–Crippen MR) is 171 cm³/mol. The van der Waals surface area contributed by atoms with Gasteiger partial charge in [0.15, 0.2) is 0 Å². The number of likely N-dealkylation sites (tertiary alicyclic amines) is 1. The molecule has 2 aliphatic heterocycles. The van der Waals surface area contributed by atoms with Gasteiger partial charge in [-0.05, 0) is 80.0 Å². The number of amides is 3. The zero-order chi connectivity index (χ0) is 32.0. The van der Waals surface area contributed by atoms with Gasteiger partial charge < -0.3 is 25.4 Å². The molecule has 0 aromatic heterocycles. The monoisotopic (exact) mass is 618 g/mol. The number of benzene rings is 2. The number of nitrogens with zero attached hydrogens (tertiary/aromatic N) is 2. The van der Waals surface area contributed by atoms with Crippen molar-refractivity contribution in [1.29, 1.82) is 0 Å². The average Bonchev–Trinajstić information content (AvgIpc) is 3.07. The smallest absolute Gasteiger partial charge is 0.337 e. The van der Waals surface area contributed by atoms with Crippen LogP contribution in [0.4, 0.5) is 5.69 Å². The number of aliphatic hydroxyl groups is 1. The van der Waals surface area contributed by atoms with Crippen molar-refractivity contribution in [2.75, 3.05) is 32.1 Å². The van der Waals surface area contributed by atoms with Gasteiger partial charge in [-0.3, -0.25) is 19.3 Å². The lowest BCUT2D eigenvalue weighted by atomic mass is 9.78. The standard InChI is InChI=1S/C35H46N4O6/c1-3-4-20-39-32(42)29(30(40)25-8-6-5-7-9-25)37-34(44)35(39)18-21-38(22-19-35)23-24-10-12-26(13-11-24)31(41)36-28-16-14-27(15-17-28)33(43)45-2/h10-17,25,29-30,40H,3-9,18-23H2,1-2H3,(H,36,41)(H,37,44). The van der Waals surface area contributed by atoms with Crippen LogP contribution in [0.15, 0.2) is 48.5 Å². The third-order valence-electron chi connectivity index (χ3n) is 9.84. The molecule has 2 heterocycles. The number of anilines is 1. The van der Waals surface area contributed by atoms with Gasteiger partial charge in [-0.15, -0.1) is 0 Å². The van der Waals surface area contributed by atoms with Crippen LogP contribution in [0.5, 0.6) is 0 Å². The second kappa shape index (κ2) is 14.6. The summed E-state index contributed by atoms with van der Waals surface area (Å²) in [6.07, 6.45) is 7.02. The molecule has 2 unspecified atom stereocenters. The molecule has 45 heavy (non-hydrogen) atoms. The van der Waals surface area contributed by atoms with Crippen LogP contribution < -0.4 is 10.6 Å². The minimum absolute atomic E-state index is 0.0500. The first-order valence-corrected chi connectivity index (χ1v) is 16.4. The third-order valence-corrected chi connectivity index (χ3v) is 9.84. The van der Waals surface area contributed by atoms with Crippen LogP contribution in [0.25, 0.3) is 0 Å². The van der Waals surface area contributed by atoms with Gasteiger partial charge in [-0.1, -0.05) is 44.7 Å². The van der Waals surface area contributed by atoms with Gasteiger partial charge in [0.1, 0.15) is 11.6 Å². The fraction of sp³-hybridized carbons (Fsp3) is 0.543. The number of nitrogens with one attached hydrogen (secondary N) is 2. The molecule has 2 aromatic rings. The highest BCUT2D eigenvalue weighted by Gasteiger charge is 2.55. The second-order valence-electron chi connectivity index (χ2n) is 12.7. The van der Waals surface area contributed by atoms with E-state index in [1.54, 1.807) is 41.3 Å². The van der Waals surface area contributed by atoms with Crippen molar-refractivity contribution in [2.24, 2.45) is 5.92 Å². The Bertz CT molecular complexity index is 1350. The summed E-state index contributed by atoms with van der Waals surface area (Å²) >= 11 is 0. The zero-order valence-corrected chi connectivity index (χ0v) is 26.4. The van der Waals surface area contributed by atoms with Gasteiger partial charge in [0, 0.05) is 37.4 Å². The number of esters is 1. The molecule has 2 atom stereocenters. The van der Waals surface area contributed by atoms with Crippen LogP contribution in [0, 0.1) is 5.92 Å². The Morgan fingerprint density at radius 3 is 2.27 bits per heavy atom. The first kappa shape index (κ1) is 32.6. The van der Waals surface area contributed by atoms with E-state index in [1.807, 2.05) is 12.1 Å². The molecule has 1 saturated carbocycles. The van der Waals surface area contributed by atoms with E-state index in [0.717, 1.165) is 50.5 Å². The lowest BCUT2D eigenvalue weighted by Crippen LogP contribution is -2.75. The largest absolute Gasteiger partial charge is 0.465 e. The molecule has 242 valence electrons. The number of hydrogen-bond acceptors (Lipinski definition) is 7. The van der Waals surface area contributed by atoms with Crippen molar-refractivity contribution >= 4 is 29.4 Å². The molecular formula is C35H46N4O6. The summed E-state index contributed by atoms with van der Waals surface area (Å²) in [5, 5.41) is 17.0. The van der Waals surface area contributed by atoms with Crippen LogP contribution in [-0.2, 0) is 20.9 Å². The molecule has 5 rings (SSSR count). The van der Waals surface area contributed by atoms with E-state index in [9.17, 15) is 24.3 Å². The van der Waals surface area contributed by atoms with Crippen molar-refractivity contribution in [2.45, 2.75) is 88.9 Å². The van der Waals surface area contributed by atoms with Gasteiger partial charge in [0.25, 0.3) is 5.91 Å². The molecule has 1 aliphatic carbocycles. The number of carbonyl (C=O) groups is 4. The molecule has 3 aliphatic rings. The number of unbranched alkanes of at least 4 members (excludes halogenated alkanes) is 1. The molecule has 10 heteroatoms. The molecular weight excluding hydrogens is 572 g/mol. The van der Waals surface area contributed by atoms with Crippen molar-refractivity contribution < 1.29 is 29.0 Å². The second-order valence-corrected chi connectivity index (χ2v) is 12.7. The molecule has 0 bridgehead atoms. The zero-order valence-electron chi connectivity index (χ0n) is 26.4. The number of methoxy groups -OCH3 is 1. The number of piperidine rings is 1. The lowest BCUT2D eigenvalue weighted by Gasteiger charge is -2.52. The quantitative estimate of drug-likeness (QED) is 0.342. The Balaban J connectivity index is 1.18. The fourth-order valence-corrected chi connectivity index (χ4v) is 7.07. The van der Waals surface area contributed by atoms with Crippen molar-refractivity contribution in [1.82, 2.24) is 15.1 Å². The lowest BCUT2D eigenvalue weighted by molar-refractivity contribution is -0.166. The van der Waals surface area contributed by atoms with Crippen molar-refractivity contribution in [3.05, 3.63) is 65.2 Å². The van der Waals surface area contributed by atoms with E-state index in [-0.39, 0.29) is 23.6 Å². The number of hydrogen-bond donors (Lipinski definition) is 3. The number of piperazine rings is 1. The van der Waals surface area contributed by atoms with Gasteiger partial charge in [-0.2, -0.15) is 0 Å². The van der Waals surface area contributed by atoms with Crippen molar-refractivity contribution in [3.63, 3.8) is 0 Å². The minimum atomic E-state index is -0.886. The summed E-state index contributed by atoms with van der Waals surface area (Å²) in [5.41, 5.74) is 1.66. The van der Waals surface area contributed by atoms with Crippen LogP contribution in [0.2, 0.25) is 0 Å². The van der Waals surface area contributed by atoms with Gasteiger partial charge >= 0.3 is 5.97 Å². The van der Waals surface area contributed by atoms with Gasteiger partial charge in [0.05, 0.1) is 18.8 Å². The molecule has 3 fully saturated rings. The highest BCUT2D eigenvalue weighted by molar-refractivity contribution is 6.04. The molecule has 10 nitrogen and oxygen atoms in total. The first-order valence-electron chi connectivity index (χ1n) is 16.4. The number of ether oxygens (including phenoxy) is 1. The highest BCUT2D eigenvalue weighted by atomic mass is 16.5. The summed E-state index contributed by atoms with van der Waals surface area (Å²) in [6, 6.07) is 13.1. The summed E-state index contributed by atoms with van der Waals surface area (Å²) in [6.45, 7) is 4.58. The Kier molecular flexibility index (Phi) is 10.6. The highest BCUT2D eigenvalue weighted by Crippen LogP contribution is 2.36. The number of rotatable bonds is 10. The molecule has 3 N–H and O–H groups in total. The summed E-state index contributed by atoms with van der Waals surface area (Å²) in [5.74, 6) is -0.904. The maximum Gasteiger partial charge on any atom is 0.337 e. The first-order chi connectivity index (χ1) is 21.8. The van der Waals surface area contributed by atoms with E-state index >= 15 is 0 Å². The topological polar surface area (TPSA) is 128 Å².